The zero-order valence-corrected chi connectivity index (χ0v) is 14.2. The van der Waals surface area contributed by atoms with E-state index in [0.717, 1.165) is 16.8 Å². The van der Waals surface area contributed by atoms with Gasteiger partial charge in [-0.3, -0.25) is 9.78 Å². The van der Waals surface area contributed by atoms with Crippen LogP contribution in [0.3, 0.4) is 0 Å². The first-order chi connectivity index (χ1) is 12.0. The molecule has 0 fully saturated rings. The lowest BCUT2D eigenvalue weighted by atomic mass is 10.1. The van der Waals surface area contributed by atoms with Gasteiger partial charge in [0.15, 0.2) is 0 Å². The lowest BCUT2D eigenvalue weighted by Crippen LogP contribution is -2.27. The highest BCUT2D eigenvalue weighted by Gasteiger charge is 2.16. The molecule has 0 aliphatic carbocycles. The molecule has 0 aliphatic heterocycles. The van der Waals surface area contributed by atoms with Crippen LogP contribution in [0.15, 0.2) is 66.7 Å². The van der Waals surface area contributed by atoms with Gasteiger partial charge in [0.05, 0.1) is 17.0 Å². The number of benzene rings is 2. The van der Waals surface area contributed by atoms with Gasteiger partial charge in [0.2, 0.25) is 0 Å². The molecule has 2 aromatic carbocycles. The predicted molar refractivity (Wildman–Crippen MR) is 96.6 cm³/mol. The molecule has 0 atom stereocenters. The number of pyridine rings is 1. The van der Waals surface area contributed by atoms with Crippen molar-refractivity contribution < 1.29 is 9.18 Å². The van der Waals surface area contributed by atoms with Gasteiger partial charge in [0.25, 0.3) is 5.91 Å². The summed E-state index contributed by atoms with van der Waals surface area (Å²) in [7, 11) is 1.73. The van der Waals surface area contributed by atoms with Crippen LogP contribution >= 0.6 is 0 Å². The molecule has 4 heteroatoms. The average molecular weight is 334 g/mol. The van der Waals surface area contributed by atoms with Gasteiger partial charge in [-0.25, -0.2) is 4.39 Å². The number of rotatable bonds is 4. The molecule has 0 aliphatic rings. The second-order valence-corrected chi connectivity index (χ2v) is 5.98. The van der Waals surface area contributed by atoms with Crippen molar-refractivity contribution in [3.8, 4) is 11.3 Å². The molecule has 1 heterocycles. The summed E-state index contributed by atoms with van der Waals surface area (Å²) < 4.78 is 13.0. The Balaban J connectivity index is 1.78. The Bertz CT molecular complexity index is 876. The highest BCUT2D eigenvalue weighted by Crippen LogP contribution is 2.19. The highest BCUT2D eigenvalue weighted by atomic mass is 19.1. The van der Waals surface area contributed by atoms with Crippen molar-refractivity contribution >= 4 is 5.91 Å². The second-order valence-electron chi connectivity index (χ2n) is 5.98. The minimum atomic E-state index is -0.283. The van der Waals surface area contributed by atoms with E-state index in [1.165, 1.54) is 12.1 Å². The van der Waals surface area contributed by atoms with Crippen molar-refractivity contribution in [2.45, 2.75) is 13.5 Å². The number of hydrogen-bond acceptors (Lipinski definition) is 2. The Labute approximate surface area is 146 Å². The number of amides is 1. The van der Waals surface area contributed by atoms with Crippen LogP contribution in [0.2, 0.25) is 0 Å². The fourth-order valence-electron chi connectivity index (χ4n) is 2.70. The molecule has 0 saturated carbocycles. The van der Waals surface area contributed by atoms with Crippen LogP contribution in [0.25, 0.3) is 11.3 Å². The maximum atomic E-state index is 13.0. The number of aryl methyl sites for hydroxylation is 1. The monoisotopic (exact) mass is 334 g/mol. The number of nitrogens with zero attached hydrogens (tertiary/aromatic N) is 2. The number of carbonyl (C=O) groups excluding carboxylic acids is 1. The normalized spacial score (nSPS) is 10.5. The topological polar surface area (TPSA) is 33.2 Å². The molecule has 0 spiro atoms. The molecule has 0 bridgehead atoms. The van der Waals surface area contributed by atoms with Gasteiger partial charge >= 0.3 is 0 Å². The lowest BCUT2D eigenvalue weighted by Gasteiger charge is -2.18. The van der Waals surface area contributed by atoms with Gasteiger partial charge in [-0.1, -0.05) is 42.5 Å². The van der Waals surface area contributed by atoms with E-state index in [1.807, 2.05) is 49.4 Å². The first-order valence-corrected chi connectivity index (χ1v) is 8.07. The summed E-state index contributed by atoms with van der Waals surface area (Å²) >= 11 is 0. The minimum Gasteiger partial charge on any atom is -0.337 e. The fourth-order valence-corrected chi connectivity index (χ4v) is 2.70. The lowest BCUT2D eigenvalue weighted by molar-refractivity contribution is 0.0784. The number of hydrogen-bond donors (Lipinski definition) is 0. The Kier molecular flexibility index (Phi) is 4.89. The van der Waals surface area contributed by atoms with Gasteiger partial charge in [0, 0.05) is 19.2 Å². The molecular weight excluding hydrogens is 315 g/mol. The van der Waals surface area contributed by atoms with Crippen molar-refractivity contribution in [3.63, 3.8) is 0 Å². The summed E-state index contributed by atoms with van der Waals surface area (Å²) in [4.78, 5) is 18.9. The Morgan fingerprint density at radius 1 is 1.00 bits per heavy atom. The van der Waals surface area contributed by atoms with Crippen LogP contribution < -0.4 is 0 Å². The number of carbonyl (C=O) groups is 1. The Hall–Kier alpha value is -3.01. The third-order valence-electron chi connectivity index (χ3n) is 4.07. The van der Waals surface area contributed by atoms with E-state index in [0.29, 0.717) is 17.8 Å². The Morgan fingerprint density at radius 2 is 1.68 bits per heavy atom. The first-order valence-electron chi connectivity index (χ1n) is 8.07. The molecular formula is C21H19FN2O. The van der Waals surface area contributed by atoms with Gasteiger partial charge in [-0.15, -0.1) is 0 Å². The maximum absolute atomic E-state index is 13.0. The van der Waals surface area contributed by atoms with Crippen molar-refractivity contribution in [2.75, 3.05) is 7.05 Å². The quantitative estimate of drug-likeness (QED) is 0.705. The molecule has 3 aromatic rings. The van der Waals surface area contributed by atoms with E-state index < -0.39 is 0 Å². The van der Waals surface area contributed by atoms with Crippen LogP contribution in [0.1, 0.15) is 21.6 Å². The van der Waals surface area contributed by atoms with Crippen LogP contribution in [-0.2, 0) is 6.54 Å². The van der Waals surface area contributed by atoms with E-state index >= 15 is 0 Å². The van der Waals surface area contributed by atoms with Gasteiger partial charge < -0.3 is 4.90 Å². The zero-order valence-electron chi connectivity index (χ0n) is 14.2. The zero-order chi connectivity index (χ0) is 17.8. The standard InChI is InChI=1S/C21H19FN2O/c1-15-19(12-13-20(23-15)17-6-4-3-5-7-17)21(25)24(2)14-16-8-10-18(22)11-9-16/h3-13H,14H2,1-2H3. The molecule has 0 N–H and O–H groups in total. The SMILES string of the molecule is Cc1nc(-c2ccccc2)ccc1C(=O)N(C)Cc1ccc(F)cc1. The molecule has 25 heavy (non-hydrogen) atoms. The number of aromatic nitrogens is 1. The van der Waals surface area contributed by atoms with E-state index in [4.69, 9.17) is 0 Å². The van der Waals surface area contributed by atoms with Crippen LogP contribution in [0.4, 0.5) is 4.39 Å². The molecule has 1 aromatic heterocycles. The largest absolute Gasteiger partial charge is 0.337 e. The molecule has 0 radical (unpaired) electrons. The van der Waals surface area contributed by atoms with Crippen LogP contribution in [0, 0.1) is 12.7 Å². The van der Waals surface area contributed by atoms with E-state index in [2.05, 4.69) is 4.98 Å². The highest BCUT2D eigenvalue weighted by molar-refractivity contribution is 5.95. The smallest absolute Gasteiger partial charge is 0.255 e. The van der Waals surface area contributed by atoms with Gasteiger partial charge in [-0.05, 0) is 36.8 Å². The Morgan fingerprint density at radius 3 is 2.32 bits per heavy atom. The number of halogens is 1. The molecule has 0 unspecified atom stereocenters. The van der Waals surface area contributed by atoms with E-state index in [-0.39, 0.29) is 11.7 Å². The fraction of sp³-hybridized carbons (Fsp3) is 0.143. The summed E-state index contributed by atoms with van der Waals surface area (Å²) in [5.41, 5.74) is 4.01. The summed E-state index contributed by atoms with van der Waals surface area (Å²) in [6.45, 7) is 2.25. The third-order valence-corrected chi connectivity index (χ3v) is 4.07. The van der Waals surface area contributed by atoms with Crippen molar-refractivity contribution in [3.05, 3.63) is 89.4 Å². The minimum absolute atomic E-state index is 0.103. The summed E-state index contributed by atoms with van der Waals surface area (Å²) in [5, 5.41) is 0. The third kappa shape index (κ3) is 3.91. The van der Waals surface area contributed by atoms with E-state index in [9.17, 15) is 9.18 Å². The van der Waals surface area contributed by atoms with Gasteiger partial charge in [0.1, 0.15) is 5.82 Å². The molecule has 1 amide bonds. The molecule has 3 nitrogen and oxygen atoms in total. The second kappa shape index (κ2) is 7.26. The van der Waals surface area contributed by atoms with Gasteiger partial charge in [-0.2, -0.15) is 0 Å². The average Bonchev–Trinajstić information content (AvgIpc) is 2.63. The summed E-state index contributed by atoms with van der Waals surface area (Å²) in [5.74, 6) is -0.386. The van der Waals surface area contributed by atoms with Crippen molar-refractivity contribution in [1.82, 2.24) is 9.88 Å². The molecule has 126 valence electrons. The van der Waals surface area contributed by atoms with Crippen molar-refractivity contribution in [1.29, 1.82) is 0 Å². The van der Waals surface area contributed by atoms with Crippen molar-refractivity contribution in [2.24, 2.45) is 0 Å². The maximum Gasteiger partial charge on any atom is 0.255 e. The van der Waals surface area contributed by atoms with Crippen LogP contribution in [-0.4, -0.2) is 22.8 Å². The molecule has 3 rings (SSSR count). The first kappa shape index (κ1) is 16.8. The van der Waals surface area contributed by atoms with E-state index in [1.54, 1.807) is 24.1 Å². The summed E-state index contributed by atoms with van der Waals surface area (Å²) in [6.07, 6.45) is 0. The summed E-state index contributed by atoms with van der Waals surface area (Å²) in [6, 6.07) is 19.7. The van der Waals surface area contributed by atoms with Crippen LogP contribution in [0.5, 0.6) is 0 Å². The predicted octanol–water partition coefficient (Wildman–Crippen LogP) is 4.47. The molecule has 0 saturated heterocycles.